The van der Waals surface area contributed by atoms with Crippen LogP contribution in [0, 0.1) is 11.8 Å². The fourth-order valence-electron chi connectivity index (χ4n) is 5.51. The second-order valence-corrected chi connectivity index (χ2v) is 10.6. The predicted molar refractivity (Wildman–Crippen MR) is 135 cm³/mol. The number of aliphatic hydroxyl groups excluding tert-OH is 1. The van der Waals surface area contributed by atoms with Crippen LogP contribution >= 0.6 is 23.2 Å². The molecule has 6 nitrogen and oxygen atoms in total. The van der Waals surface area contributed by atoms with Crippen LogP contribution in [-0.4, -0.2) is 63.9 Å². The van der Waals surface area contributed by atoms with Gasteiger partial charge >= 0.3 is 6.30 Å². The summed E-state index contributed by atoms with van der Waals surface area (Å²) < 4.78 is 41.7. The number of hydrogen-bond donors (Lipinski definition) is 1. The summed E-state index contributed by atoms with van der Waals surface area (Å²) in [7, 11) is 0. The van der Waals surface area contributed by atoms with E-state index < -0.39 is 12.2 Å². The van der Waals surface area contributed by atoms with Crippen LogP contribution in [0.3, 0.4) is 0 Å². The van der Waals surface area contributed by atoms with E-state index in [1.807, 2.05) is 0 Å². The molecule has 0 saturated carbocycles. The Morgan fingerprint density at radius 1 is 1.14 bits per heavy atom. The Morgan fingerprint density at radius 3 is 2.61 bits per heavy atom. The molecule has 5 rings (SSSR count). The molecule has 0 unspecified atom stereocenters. The molecule has 2 aromatic heterocycles. The molecule has 4 heterocycles. The van der Waals surface area contributed by atoms with Crippen LogP contribution < -0.4 is 4.90 Å². The third-order valence-electron chi connectivity index (χ3n) is 7.54. The van der Waals surface area contributed by atoms with Gasteiger partial charge in [-0.3, -0.25) is 0 Å². The van der Waals surface area contributed by atoms with E-state index in [2.05, 4.69) is 19.8 Å². The molecule has 0 radical (unpaired) electrons. The molecule has 0 aliphatic carbocycles. The number of hydrogen-bond acceptors (Lipinski definition) is 5. The molecule has 2 aliphatic heterocycles. The first-order chi connectivity index (χ1) is 17.2. The number of piperidine rings is 1. The quantitative estimate of drug-likeness (QED) is 0.446. The van der Waals surface area contributed by atoms with Crippen LogP contribution in [0.25, 0.3) is 11.2 Å². The smallest absolute Gasteiger partial charge is 0.395 e. The molecule has 1 aromatic carbocycles. The zero-order valence-electron chi connectivity index (χ0n) is 19.8. The van der Waals surface area contributed by atoms with E-state index in [-0.39, 0.29) is 22.3 Å². The van der Waals surface area contributed by atoms with Gasteiger partial charge in [-0.25, -0.2) is 14.5 Å². The van der Waals surface area contributed by atoms with Gasteiger partial charge in [0, 0.05) is 53.9 Å². The van der Waals surface area contributed by atoms with Crippen molar-refractivity contribution in [1.82, 2.24) is 19.4 Å². The van der Waals surface area contributed by atoms with Crippen molar-refractivity contribution >= 4 is 40.2 Å². The summed E-state index contributed by atoms with van der Waals surface area (Å²) >= 11 is 12.4. The lowest BCUT2D eigenvalue weighted by Crippen LogP contribution is -2.54. The normalized spacial score (nSPS) is 20.6. The highest BCUT2D eigenvalue weighted by molar-refractivity contribution is 6.35. The van der Waals surface area contributed by atoms with Crippen LogP contribution in [0.2, 0.25) is 10.0 Å². The van der Waals surface area contributed by atoms with Gasteiger partial charge in [-0.15, -0.1) is 13.2 Å². The minimum Gasteiger partial charge on any atom is -0.395 e. The second-order valence-electron chi connectivity index (χ2n) is 9.80. The molecular formula is C25H28Cl2F3N5O. The lowest BCUT2D eigenvalue weighted by Gasteiger charge is -2.47. The lowest BCUT2D eigenvalue weighted by molar-refractivity contribution is -0.201. The average Bonchev–Trinajstić information content (AvgIpc) is 3.18. The predicted octanol–water partition coefficient (Wildman–Crippen LogP) is 5.51. The zero-order chi connectivity index (χ0) is 25.6. The summed E-state index contributed by atoms with van der Waals surface area (Å²) in [6.45, 7) is 6.26. The van der Waals surface area contributed by atoms with Crippen LogP contribution in [0.15, 0.2) is 30.6 Å². The number of fused-ring (bicyclic) bond motifs is 1. The number of alkyl halides is 3. The van der Waals surface area contributed by atoms with Gasteiger partial charge in [0.25, 0.3) is 0 Å². The number of halogens is 5. The number of rotatable bonds is 6. The molecule has 0 bridgehead atoms. The highest BCUT2D eigenvalue weighted by Gasteiger charge is 2.38. The van der Waals surface area contributed by atoms with Crippen molar-refractivity contribution in [2.75, 3.05) is 44.2 Å². The summed E-state index contributed by atoms with van der Waals surface area (Å²) in [6.07, 6.45) is 0.152. The van der Waals surface area contributed by atoms with Crippen LogP contribution in [0.4, 0.5) is 19.0 Å². The van der Waals surface area contributed by atoms with E-state index >= 15 is 0 Å². The number of benzene rings is 1. The standard InChI is InChI=1S/C25H28Cl2F3N5O/c1-15(19-5-4-18(26)9-21(19)27)20-14-35(25(28,29)30)24-23(20)32-22(10-31-24)34-12-17(13-34)16-3-2-6-33(11-16)7-8-36/h4-5,9-10,14-17,36H,2-3,6-8,11-13H2,1H3/t15-,16+/m1/s1. The Morgan fingerprint density at radius 2 is 1.92 bits per heavy atom. The highest BCUT2D eigenvalue weighted by Crippen LogP contribution is 2.39. The Bertz CT molecular complexity index is 1240. The molecule has 2 fully saturated rings. The van der Waals surface area contributed by atoms with Gasteiger partial charge in [-0.05, 0) is 48.9 Å². The number of β-amino-alcohol motifs (C(OH)–C–C–N with tert-alkyl or cyclic N) is 1. The van der Waals surface area contributed by atoms with Crippen LogP contribution in [0.5, 0.6) is 0 Å². The molecule has 1 N–H and O–H groups in total. The number of likely N-dealkylation sites (tertiary alicyclic amines) is 1. The van der Waals surface area contributed by atoms with Crippen molar-refractivity contribution in [1.29, 1.82) is 0 Å². The molecule has 3 aromatic rings. The molecule has 36 heavy (non-hydrogen) atoms. The van der Waals surface area contributed by atoms with E-state index in [4.69, 9.17) is 23.2 Å². The summed E-state index contributed by atoms with van der Waals surface area (Å²) in [4.78, 5) is 13.3. The lowest BCUT2D eigenvalue weighted by atomic mass is 9.80. The third kappa shape index (κ3) is 4.90. The van der Waals surface area contributed by atoms with Gasteiger partial charge in [0.2, 0.25) is 0 Å². The molecule has 2 atom stereocenters. The van der Waals surface area contributed by atoms with E-state index in [1.165, 1.54) is 6.20 Å². The SMILES string of the molecule is C[C@H](c1ccc(Cl)cc1Cl)c1cn(C(F)(F)F)c2ncc(N3CC([C@H]4CCCN(CCO)C4)C3)nc12. The fourth-order valence-corrected chi connectivity index (χ4v) is 6.08. The van der Waals surface area contributed by atoms with Crippen molar-refractivity contribution in [2.24, 2.45) is 11.8 Å². The van der Waals surface area contributed by atoms with Gasteiger partial charge in [-0.2, -0.15) is 0 Å². The van der Waals surface area contributed by atoms with Crippen LogP contribution in [0.1, 0.15) is 36.8 Å². The molecule has 0 amide bonds. The maximum Gasteiger partial charge on any atom is 0.490 e. The monoisotopic (exact) mass is 541 g/mol. The summed E-state index contributed by atoms with van der Waals surface area (Å²) in [5.74, 6) is 1.17. The Balaban J connectivity index is 1.42. The first-order valence-electron chi connectivity index (χ1n) is 12.1. The highest BCUT2D eigenvalue weighted by atomic mass is 35.5. The second kappa shape index (κ2) is 10.0. The van der Waals surface area contributed by atoms with E-state index in [1.54, 1.807) is 25.1 Å². The minimum atomic E-state index is -4.63. The maximum absolute atomic E-state index is 13.8. The molecule has 11 heteroatoms. The summed E-state index contributed by atoms with van der Waals surface area (Å²) in [6, 6.07) is 4.99. The zero-order valence-corrected chi connectivity index (χ0v) is 21.4. The van der Waals surface area contributed by atoms with Crippen molar-refractivity contribution in [3.8, 4) is 0 Å². The van der Waals surface area contributed by atoms with Crippen molar-refractivity contribution in [3.05, 3.63) is 51.8 Å². The molecule has 0 spiro atoms. The van der Waals surface area contributed by atoms with Gasteiger partial charge in [0.1, 0.15) is 11.3 Å². The van der Waals surface area contributed by atoms with Crippen molar-refractivity contribution in [3.63, 3.8) is 0 Å². The Hall–Kier alpha value is -2.07. The molecule has 2 saturated heterocycles. The number of nitrogens with zero attached hydrogens (tertiary/aromatic N) is 5. The van der Waals surface area contributed by atoms with Crippen LogP contribution in [-0.2, 0) is 6.30 Å². The summed E-state index contributed by atoms with van der Waals surface area (Å²) in [5, 5.41) is 10.1. The molecular weight excluding hydrogens is 514 g/mol. The van der Waals surface area contributed by atoms with Gasteiger partial charge in [0.05, 0.1) is 12.8 Å². The first kappa shape index (κ1) is 25.6. The van der Waals surface area contributed by atoms with E-state index in [0.29, 0.717) is 45.4 Å². The van der Waals surface area contributed by atoms with Crippen molar-refractivity contribution < 1.29 is 18.3 Å². The van der Waals surface area contributed by atoms with Gasteiger partial charge in [-0.1, -0.05) is 36.2 Å². The third-order valence-corrected chi connectivity index (χ3v) is 8.10. The maximum atomic E-state index is 13.8. The Kier molecular flexibility index (Phi) is 7.11. The molecule has 2 aliphatic rings. The summed E-state index contributed by atoms with van der Waals surface area (Å²) in [5.41, 5.74) is 1.08. The fraction of sp³-hybridized carbons (Fsp3) is 0.520. The largest absolute Gasteiger partial charge is 0.490 e. The molecule has 194 valence electrons. The topological polar surface area (TPSA) is 57.4 Å². The number of anilines is 1. The minimum absolute atomic E-state index is 0.165. The number of aliphatic hydroxyl groups is 1. The van der Waals surface area contributed by atoms with E-state index in [9.17, 15) is 18.3 Å². The van der Waals surface area contributed by atoms with Crippen molar-refractivity contribution in [2.45, 2.75) is 32.0 Å². The average molecular weight is 542 g/mol. The number of aromatic nitrogens is 3. The van der Waals surface area contributed by atoms with Gasteiger partial charge in [0.15, 0.2) is 5.65 Å². The first-order valence-corrected chi connectivity index (χ1v) is 12.9. The Labute approximate surface area is 217 Å². The van der Waals surface area contributed by atoms with Gasteiger partial charge < -0.3 is 14.9 Å². The van der Waals surface area contributed by atoms with E-state index in [0.717, 1.165) is 45.2 Å².